The summed E-state index contributed by atoms with van der Waals surface area (Å²) >= 11 is 0. The number of fused-ring (bicyclic) bond motifs is 4. The van der Waals surface area contributed by atoms with Crippen molar-refractivity contribution in [2.75, 3.05) is 55.1 Å². The summed E-state index contributed by atoms with van der Waals surface area (Å²) in [4.78, 5) is 57.2. The average Bonchev–Trinajstić information content (AvgIpc) is 2.94. The van der Waals surface area contributed by atoms with Crippen molar-refractivity contribution in [3.63, 3.8) is 0 Å². The Morgan fingerprint density at radius 1 is 0.872 bits per heavy atom. The standard InChI is InChI=1S/C28H34N4O7/c1-29-25(34)28(26(35)30(2)27(29)36,12-17-10-21(37-3)24(39-5)22(11-17)38-4)16-31-13-18-9-19(15-31)20-7-6-8-23(33)32(20)14-18/h6-8,10-11,18-19H,9,12-16H2,1-5H3/t18-,19+/m0/s1. The summed E-state index contributed by atoms with van der Waals surface area (Å²) in [5.41, 5.74) is 0.0579. The van der Waals surface area contributed by atoms with Gasteiger partial charge < -0.3 is 23.7 Å². The summed E-state index contributed by atoms with van der Waals surface area (Å²) in [5.74, 6) is 0.445. The van der Waals surface area contributed by atoms with E-state index in [-0.39, 0.29) is 30.4 Å². The van der Waals surface area contributed by atoms with E-state index in [4.69, 9.17) is 14.2 Å². The molecule has 0 radical (unpaired) electrons. The zero-order valence-electron chi connectivity index (χ0n) is 22.9. The molecule has 1 aromatic heterocycles. The Morgan fingerprint density at radius 3 is 2.10 bits per heavy atom. The van der Waals surface area contributed by atoms with Gasteiger partial charge in [0.05, 0.1) is 21.3 Å². The molecule has 2 bridgehead atoms. The summed E-state index contributed by atoms with van der Waals surface area (Å²) in [5, 5.41) is 0. The van der Waals surface area contributed by atoms with Gasteiger partial charge in [0.15, 0.2) is 11.5 Å². The van der Waals surface area contributed by atoms with Gasteiger partial charge in [-0.05, 0) is 42.5 Å². The number of urea groups is 1. The zero-order valence-corrected chi connectivity index (χ0v) is 22.9. The topological polar surface area (TPSA) is 111 Å². The second kappa shape index (κ2) is 10.0. The monoisotopic (exact) mass is 538 g/mol. The van der Waals surface area contributed by atoms with Crippen LogP contribution in [0, 0.1) is 11.3 Å². The lowest BCUT2D eigenvalue weighted by Gasteiger charge is -2.48. The third-order valence-electron chi connectivity index (χ3n) is 8.28. The van der Waals surface area contributed by atoms with Gasteiger partial charge in [-0.25, -0.2) is 4.79 Å². The van der Waals surface area contributed by atoms with Gasteiger partial charge in [0, 0.05) is 58.0 Å². The molecule has 5 rings (SSSR count). The molecular weight excluding hydrogens is 504 g/mol. The number of carbonyl (C=O) groups is 3. The highest BCUT2D eigenvalue weighted by molar-refractivity contribution is 6.19. The Bertz CT molecular complexity index is 1340. The van der Waals surface area contributed by atoms with Crippen molar-refractivity contribution in [3.05, 3.63) is 51.9 Å². The molecule has 4 amide bonds. The van der Waals surface area contributed by atoms with E-state index in [2.05, 4.69) is 4.90 Å². The van der Waals surface area contributed by atoms with Gasteiger partial charge in [0.25, 0.3) is 5.56 Å². The van der Waals surface area contributed by atoms with Crippen LogP contribution in [0.5, 0.6) is 17.2 Å². The van der Waals surface area contributed by atoms with E-state index in [1.165, 1.54) is 35.4 Å². The number of ether oxygens (including phenoxy) is 3. The number of hydrogen-bond acceptors (Lipinski definition) is 8. The molecule has 2 saturated heterocycles. The first-order valence-corrected chi connectivity index (χ1v) is 12.9. The minimum atomic E-state index is -1.55. The molecule has 0 N–H and O–H groups in total. The van der Waals surface area contributed by atoms with Crippen LogP contribution < -0.4 is 19.8 Å². The van der Waals surface area contributed by atoms with Gasteiger partial charge in [-0.15, -0.1) is 0 Å². The Kier molecular flexibility index (Phi) is 6.88. The number of benzene rings is 1. The third-order valence-corrected chi connectivity index (χ3v) is 8.28. The molecule has 0 spiro atoms. The summed E-state index contributed by atoms with van der Waals surface area (Å²) in [7, 11) is 7.33. The molecule has 4 heterocycles. The maximum absolute atomic E-state index is 13.9. The minimum absolute atomic E-state index is 0.00563. The number of methoxy groups -OCH3 is 3. The Morgan fingerprint density at radius 2 is 1.51 bits per heavy atom. The summed E-state index contributed by atoms with van der Waals surface area (Å²) < 4.78 is 18.3. The number of hydrogen-bond donors (Lipinski definition) is 0. The number of nitrogens with zero attached hydrogens (tertiary/aromatic N) is 4. The van der Waals surface area contributed by atoms with Gasteiger partial charge in [-0.3, -0.25) is 24.2 Å². The van der Waals surface area contributed by atoms with Crippen LogP contribution in [0.25, 0.3) is 0 Å². The van der Waals surface area contributed by atoms with Crippen molar-refractivity contribution < 1.29 is 28.6 Å². The first kappa shape index (κ1) is 26.7. The number of piperidine rings is 1. The van der Waals surface area contributed by atoms with Gasteiger partial charge in [0.2, 0.25) is 17.6 Å². The van der Waals surface area contributed by atoms with Gasteiger partial charge in [-0.1, -0.05) is 6.07 Å². The molecule has 0 unspecified atom stereocenters. The first-order valence-electron chi connectivity index (χ1n) is 12.9. The first-order chi connectivity index (χ1) is 18.6. The summed E-state index contributed by atoms with van der Waals surface area (Å²) in [6.45, 7) is 1.96. The molecule has 2 atom stereocenters. The highest BCUT2D eigenvalue weighted by Crippen LogP contribution is 2.43. The molecule has 3 aliphatic rings. The van der Waals surface area contributed by atoms with Gasteiger partial charge in [-0.2, -0.15) is 0 Å². The molecule has 11 nitrogen and oxygen atoms in total. The largest absolute Gasteiger partial charge is 0.493 e. The second-order valence-corrected chi connectivity index (χ2v) is 10.7. The average molecular weight is 539 g/mol. The quantitative estimate of drug-likeness (QED) is 0.489. The fourth-order valence-electron chi connectivity index (χ4n) is 6.57. The maximum Gasteiger partial charge on any atom is 0.332 e. The maximum atomic E-state index is 13.9. The molecule has 2 aromatic rings. The van der Waals surface area contributed by atoms with Crippen LogP contribution in [-0.2, 0) is 22.6 Å². The fraction of sp³-hybridized carbons (Fsp3) is 0.500. The van der Waals surface area contributed by atoms with Crippen molar-refractivity contribution in [1.29, 1.82) is 0 Å². The number of pyridine rings is 1. The van der Waals surface area contributed by atoms with E-state index in [1.807, 2.05) is 10.6 Å². The zero-order chi connectivity index (χ0) is 28.1. The number of amides is 4. The van der Waals surface area contributed by atoms with E-state index >= 15 is 0 Å². The normalized spacial score (nSPS) is 22.5. The molecule has 208 valence electrons. The second-order valence-electron chi connectivity index (χ2n) is 10.7. The third kappa shape index (κ3) is 4.34. The van der Waals surface area contributed by atoms with Crippen LogP contribution in [0.4, 0.5) is 4.79 Å². The molecule has 2 fully saturated rings. The van der Waals surface area contributed by atoms with Crippen molar-refractivity contribution in [2.24, 2.45) is 11.3 Å². The van der Waals surface area contributed by atoms with E-state index in [9.17, 15) is 19.2 Å². The summed E-state index contributed by atoms with van der Waals surface area (Å²) in [6.07, 6.45) is 0.977. The van der Waals surface area contributed by atoms with Crippen LogP contribution in [-0.4, -0.2) is 92.2 Å². The number of aromatic nitrogens is 1. The number of likely N-dealkylation sites (tertiary alicyclic amines) is 1. The van der Waals surface area contributed by atoms with E-state index in [0.717, 1.165) is 21.9 Å². The molecular formula is C28H34N4O7. The Balaban J connectivity index is 1.54. The predicted molar refractivity (Wildman–Crippen MR) is 141 cm³/mol. The SMILES string of the molecule is COc1cc(CC2(CN3C[C@@H]4C[C@H](C3)c3cccc(=O)n3C4)C(=O)N(C)C(=O)N(C)C2=O)cc(OC)c1OC. The van der Waals surface area contributed by atoms with Crippen molar-refractivity contribution in [1.82, 2.24) is 19.3 Å². The number of imide groups is 2. The van der Waals surface area contributed by atoms with E-state index in [1.54, 1.807) is 24.3 Å². The molecule has 3 aliphatic heterocycles. The number of carbonyl (C=O) groups excluding carboxylic acids is 3. The Hall–Kier alpha value is -3.86. The van der Waals surface area contributed by atoms with Crippen LogP contribution in [0.2, 0.25) is 0 Å². The van der Waals surface area contributed by atoms with Crippen LogP contribution >= 0.6 is 0 Å². The van der Waals surface area contributed by atoms with Crippen molar-refractivity contribution >= 4 is 17.8 Å². The summed E-state index contributed by atoms with van der Waals surface area (Å²) in [6, 6.07) is 8.14. The van der Waals surface area contributed by atoms with E-state index < -0.39 is 23.3 Å². The molecule has 11 heteroatoms. The Labute approximate surface area is 226 Å². The smallest absolute Gasteiger partial charge is 0.332 e. The molecule has 0 saturated carbocycles. The minimum Gasteiger partial charge on any atom is -0.493 e. The van der Waals surface area contributed by atoms with E-state index in [0.29, 0.717) is 42.4 Å². The lowest BCUT2D eigenvalue weighted by molar-refractivity contribution is -0.159. The lowest BCUT2D eigenvalue weighted by atomic mass is 9.75. The van der Waals surface area contributed by atoms with Crippen LogP contribution in [0.3, 0.4) is 0 Å². The van der Waals surface area contributed by atoms with Crippen LogP contribution in [0.1, 0.15) is 23.6 Å². The highest BCUT2D eigenvalue weighted by atomic mass is 16.5. The van der Waals surface area contributed by atoms with Gasteiger partial charge >= 0.3 is 6.03 Å². The molecule has 39 heavy (non-hydrogen) atoms. The van der Waals surface area contributed by atoms with Gasteiger partial charge in [0.1, 0.15) is 5.41 Å². The van der Waals surface area contributed by atoms with Crippen molar-refractivity contribution in [2.45, 2.75) is 25.3 Å². The highest BCUT2D eigenvalue weighted by Gasteiger charge is 2.56. The van der Waals surface area contributed by atoms with Crippen LogP contribution in [0.15, 0.2) is 35.1 Å². The van der Waals surface area contributed by atoms with Crippen molar-refractivity contribution in [3.8, 4) is 17.2 Å². The lowest BCUT2D eigenvalue weighted by Crippen LogP contribution is -2.67. The fourth-order valence-corrected chi connectivity index (χ4v) is 6.57. The molecule has 0 aliphatic carbocycles. The predicted octanol–water partition coefficient (Wildman–Crippen LogP) is 1.57. The number of barbiturate groups is 1. The molecule has 1 aromatic carbocycles. The number of rotatable bonds is 7.